The first-order valence-corrected chi connectivity index (χ1v) is 11.4. The van der Waals surface area contributed by atoms with Gasteiger partial charge in [0.25, 0.3) is 5.56 Å². The summed E-state index contributed by atoms with van der Waals surface area (Å²) in [6, 6.07) is 8.43. The number of pyridine rings is 1. The molecule has 0 aliphatic carbocycles. The molecule has 0 atom stereocenters. The first-order chi connectivity index (χ1) is 14.6. The molecule has 0 bridgehead atoms. The number of H-pyrrole nitrogens is 1. The van der Waals surface area contributed by atoms with Crippen LogP contribution in [0.1, 0.15) is 22.4 Å². The number of aryl methyl sites for hydroxylation is 1. The fourth-order valence-electron chi connectivity index (χ4n) is 3.57. The second-order valence-electron chi connectivity index (χ2n) is 7.74. The van der Waals surface area contributed by atoms with Crippen LogP contribution in [-0.2, 0) is 23.0 Å². The quantitative estimate of drug-likeness (QED) is 0.578. The molecule has 4 N–H and O–H groups in total. The summed E-state index contributed by atoms with van der Waals surface area (Å²) in [5, 5.41) is 0. The molecule has 0 aliphatic heterocycles. The second-order valence-corrected chi connectivity index (χ2v) is 9.89. The van der Waals surface area contributed by atoms with Crippen LogP contribution in [0.3, 0.4) is 0 Å². The number of nitrogens with one attached hydrogen (secondary N) is 1. The summed E-state index contributed by atoms with van der Waals surface area (Å²) in [5.41, 5.74) is 8.04. The molecule has 166 valence electrons. The normalized spacial score (nSPS) is 12.8. The average molecular weight is 448 g/mol. The lowest BCUT2D eigenvalue weighted by molar-refractivity contribution is -0.353. The van der Waals surface area contributed by atoms with Gasteiger partial charge in [-0.15, -0.1) is 0 Å². The van der Waals surface area contributed by atoms with E-state index < -0.39 is 10.0 Å². The number of nitrogens with zero attached hydrogens (tertiary/aromatic N) is 2. The topological polar surface area (TPSA) is 103 Å². The van der Waals surface area contributed by atoms with Crippen molar-refractivity contribution in [3.63, 3.8) is 0 Å². The lowest BCUT2D eigenvalue weighted by atomic mass is 10.0. The Morgan fingerprint density at radius 3 is 2.45 bits per heavy atom. The molecule has 2 heterocycles. The molecule has 0 saturated carbocycles. The summed E-state index contributed by atoms with van der Waals surface area (Å²) in [6.07, 6.45) is 1.91. The summed E-state index contributed by atoms with van der Waals surface area (Å²) < 4.78 is 41.9. The van der Waals surface area contributed by atoms with Crippen molar-refractivity contribution < 1.29 is 18.5 Å². The van der Waals surface area contributed by atoms with Gasteiger partial charge in [-0.1, -0.05) is 12.1 Å². The Morgan fingerprint density at radius 1 is 1.23 bits per heavy atom. The van der Waals surface area contributed by atoms with Crippen molar-refractivity contribution in [2.45, 2.75) is 31.7 Å². The highest BCUT2D eigenvalue weighted by Gasteiger charge is 2.19. The van der Waals surface area contributed by atoms with Crippen molar-refractivity contribution >= 4 is 21.1 Å². The van der Waals surface area contributed by atoms with Crippen LogP contribution in [0.15, 0.2) is 51.9 Å². The van der Waals surface area contributed by atoms with E-state index >= 15 is 0 Å². The van der Waals surface area contributed by atoms with Gasteiger partial charge in [0.05, 0.1) is 29.0 Å². The highest BCUT2D eigenvalue weighted by atomic mass is 32.2. The van der Waals surface area contributed by atoms with E-state index in [-0.39, 0.29) is 22.8 Å². The number of aromatic nitrogens is 2. The predicted octanol–water partition coefficient (Wildman–Crippen LogP) is 1.88. The summed E-state index contributed by atoms with van der Waals surface area (Å²) in [4.78, 5) is 15.4. The predicted molar refractivity (Wildman–Crippen MR) is 119 cm³/mol. The van der Waals surface area contributed by atoms with Crippen molar-refractivity contribution in [3.05, 3.63) is 75.0 Å². The Balaban J connectivity index is 2.08. The summed E-state index contributed by atoms with van der Waals surface area (Å²) >= 11 is 0. The summed E-state index contributed by atoms with van der Waals surface area (Å²) in [5.74, 6) is -0.288. The maximum Gasteiger partial charge on any atom is 0.251 e. The van der Waals surface area contributed by atoms with Crippen LogP contribution in [0.5, 0.6) is 0 Å². The fourth-order valence-corrected chi connectivity index (χ4v) is 4.47. The largest absolute Gasteiger partial charge is 0.354 e. The fraction of sp³-hybridized carbons (Fsp3) is 0.318. The van der Waals surface area contributed by atoms with Crippen molar-refractivity contribution in [3.8, 4) is 0 Å². The molecule has 3 aromatic rings. The minimum absolute atomic E-state index is 0.0589. The zero-order valence-corrected chi connectivity index (χ0v) is 19.0. The minimum atomic E-state index is -3.51. The van der Waals surface area contributed by atoms with Crippen molar-refractivity contribution in [2.24, 2.45) is 0 Å². The second kappa shape index (κ2) is 8.78. The first-order valence-electron chi connectivity index (χ1n) is 9.93. The number of benzene rings is 1. The highest BCUT2D eigenvalue weighted by Crippen LogP contribution is 2.28. The average Bonchev–Trinajstić information content (AvgIpc) is 2.94. The molecule has 9 heteroatoms. The molecule has 1 aromatic carbocycles. The molecule has 0 radical (unpaired) electrons. The van der Waals surface area contributed by atoms with Crippen LogP contribution in [-0.4, -0.2) is 42.9 Å². The van der Waals surface area contributed by atoms with Gasteiger partial charge in [0, 0.05) is 43.4 Å². The number of rotatable bonds is 7. The Bertz CT molecular complexity index is 1300. The van der Waals surface area contributed by atoms with Gasteiger partial charge in [0.1, 0.15) is 5.83 Å². The number of fused-ring (bicyclic) bond motifs is 1. The Kier molecular flexibility index (Phi) is 6.49. The van der Waals surface area contributed by atoms with E-state index in [1.54, 1.807) is 37.3 Å². The molecule has 3 rings (SSSR count). The molecule has 0 spiro atoms. The molecule has 0 fully saturated rings. The lowest BCUT2D eigenvalue weighted by Gasteiger charge is -2.12. The number of aromatic amines is 1. The van der Waals surface area contributed by atoms with Crippen LogP contribution in [0, 0.1) is 13.8 Å². The van der Waals surface area contributed by atoms with E-state index in [1.165, 1.54) is 24.5 Å². The highest BCUT2D eigenvalue weighted by molar-refractivity contribution is 7.89. The minimum Gasteiger partial charge on any atom is -0.354 e. The third-order valence-corrected chi connectivity index (χ3v) is 7.23. The zero-order valence-electron chi connectivity index (χ0n) is 18.2. The Morgan fingerprint density at radius 2 is 1.87 bits per heavy atom. The van der Waals surface area contributed by atoms with Crippen LogP contribution in [0.2, 0.25) is 0 Å². The van der Waals surface area contributed by atoms with E-state index in [0.717, 1.165) is 22.3 Å². The van der Waals surface area contributed by atoms with E-state index in [2.05, 4.69) is 10.7 Å². The van der Waals surface area contributed by atoms with Gasteiger partial charge in [-0.25, -0.2) is 17.1 Å². The molecule has 31 heavy (non-hydrogen) atoms. The molecular formula is C22H28FN4O3S+. The number of hydrogen-bond donors (Lipinski definition) is 2. The number of quaternary nitrogens is 1. The summed E-state index contributed by atoms with van der Waals surface area (Å²) in [7, 11) is -0.530. The van der Waals surface area contributed by atoms with E-state index in [1.807, 2.05) is 11.5 Å². The van der Waals surface area contributed by atoms with E-state index in [0.29, 0.717) is 24.0 Å². The van der Waals surface area contributed by atoms with Crippen LogP contribution in [0.25, 0.3) is 11.0 Å². The number of hydrogen-bond acceptors (Lipinski definition) is 3. The maximum absolute atomic E-state index is 14.3. The molecule has 0 amide bonds. The smallest absolute Gasteiger partial charge is 0.251 e. The number of sulfonamides is 1. The molecule has 0 aliphatic rings. The van der Waals surface area contributed by atoms with Gasteiger partial charge in [0.2, 0.25) is 10.0 Å². The Labute approximate surface area is 181 Å². The molecular weight excluding hydrogens is 419 g/mol. The maximum atomic E-state index is 14.3. The van der Waals surface area contributed by atoms with E-state index in [9.17, 15) is 17.6 Å². The van der Waals surface area contributed by atoms with E-state index in [4.69, 9.17) is 0 Å². The lowest BCUT2D eigenvalue weighted by Crippen LogP contribution is -2.49. The summed E-state index contributed by atoms with van der Waals surface area (Å²) in [6.45, 7) is 4.03. The standard InChI is InChI=1S/C22H27FN4O3S/c1-14-11-20-21(25-22(14)28)19(15(2)27(20)13-17(23)9-10-24)12-16-5-7-18(8-6-16)31(29,30)26(3)4/h5-9,11H,10,12-13,24H2,1-4H3,(H,25,28)/p+1. The van der Waals surface area contributed by atoms with Gasteiger partial charge < -0.3 is 15.3 Å². The van der Waals surface area contributed by atoms with Crippen molar-refractivity contribution in [1.29, 1.82) is 0 Å². The first kappa shape index (κ1) is 22.9. The van der Waals surface area contributed by atoms with Gasteiger partial charge in [-0.05, 0) is 37.6 Å². The van der Waals surface area contributed by atoms with Gasteiger partial charge in [-0.2, -0.15) is 0 Å². The Hall–Kier alpha value is -2.75. The number of allylic oxidation sites excluding steroid dienone is 1. The SMILES string of the molecule is Cc1cc2c([nH]c1=O)c(Cc1ccc(S(=O)(=O)N(C)C)cc1)c(C)n2CC(F)=CC[NH3+]. The van der Waals surface area contributed by atoms with Gasteiger partial charge in [-0.3, -0.25) is 4.79 Å². The monoisotopic (exact) mass is 447 g/mol. The van der Waals surface area contributed by atoms with Gasteiger partial charge >= 0.3 is 0 Å². The van der Waals surface area contributed by atoms with Crippen LogP contribution < -0.4 is 11.3 Å². The third-order valence-electron chi connectivity index (χ3n) is 5.40. The molecule has 0 unspecified atom stereocenters. The third kappa shape index (κ3) is 4.48. The zero-order chi connectivity index (χ0) is 22.9. The van der Waals surface area contributed by atoms with Crippen LogP contribution >= 0.6 is 0 Å². The number of halogens is 1. The van der Waals surface area contributed by atoms with Crippen LogP contribution in [0.4, 0.5) is 4.39 Å². The molecule has 2 aromatic heterocycles. The van der Waals surface area contributed by atoms with Crippen molar-refractivity contribution in [2.75, 3.05) is 20.6 Å². The molecule has 0 saturated heterocycles. The van der Waals surface area contributed by atoms with Crippen molar-refractivity contribution in [1.82, 2.24) is 13.9 Å². The van der Waals surface area contributed by atoms with Gasteiger partial charge in [0.15, 0.2) is 0 Å². The molecule has 7 nitrogen and oxygen atoms in total.